The molecule has 1 fully saturated rings. The third-order valence-electron chi connectivity index (χ3n) is 3.58. The summed E-state index contributed by atoms with van der Waals surface area (Å²) < 4.78 is 0. The summed E-state index contributed by atoms with van der Waals surface area (Å²) >= 11 is 0. The molecule has 0 spiro atoms. The molecule has 1 aliphatic rings. The van der Waals surface area contributed by atoms with Crippen molar-refractivity contribution in [3.05, 3.63) is 33.9 Å². The molecule has 106 valence electrons. The third kappa shape index (κ3) is 2.89. The average Bonchev–Trinajstić information content (AvgIpc) is 2.85. The number of nitriles is 1. The van der Waals surface area contributed by atoms with Gasteiger partial charge in [0.05, 0.1) is 4.92 Å². The highest BCUT2D eigenvalue weighted by molar-refractivity contribution is 5.60. The fraction of sp³-hybridized carbons (Fsp3) is 0.500. The molecule has 1 aromatic rings. The fourth-order valence-electron chi connectivity index (χ4n) is 2.74. The summed E-state index contributed by atoms with van der Waals surface area (Å²) in [4.78, 5) is 14.7. The van der Waals surface area contributed by atoms with Crippen molar-refractivity contribution in [1.82, 2.24) is 4.90 Å². The summed E-state index contributed by atoms with van der Waals surface area (Å²) in [5, 5.41) is 19.9. The molecule has 1 atom stereocenters. The van der Waals surface area contributed by atoms with Crippen LogP contribution in [-0.2, 0) is 0 Å². The second kappa shape index (κ2) is 5.88. The van der Waals surface area contributed by atoms with Crippen LogP contribution in [0.3, 0.4) is 0 Å². The van der Waals surface area contributed by atoms with Crippen LogP contribution in [0.5, 0.6) is 0 Å². The Bertz CT molecular complexity index is 551. The van der Waals surface area contributed by atoms with Crippen LogP contribution in [0.2, 0.25) is 0 Å². The number of nitro groups is 1. The zero-order valence-electron chi connectivity index (χ0n) is 11.7. The average molecular weight is 274 g/mol. The van der Waals surface area contributed by atoms with Gasteiger partial charge in [-0.2, -0.15) is 5.26 Å². The molecule has 6 nitrogen and oxygen atoms in total. The molecule has 0 radical (unpaired) electrons. The number of hydrogen-bond acceptors (Lipinski definition) is 5. The highest BCUT2D eigenvalue weighted by Crippen LogP contribution is 2.29. The monoisotopic (exact) mass is 274 g/mol. The Morgan fingerprint density at radius 1 is 1.55 bits per heavy atom. The molecule has 0 aliphatic carbocycles. The Hall–Kier alpha value is -2.13. The Morgan fingerprint density at radius 2 is 2.30 bits per heavy atom. The quantitative estimate of drug-likeness (QED) is 0.620. The molecule has 6 heteroatoms. The second-order valence-electron chi connectivity index (χ2n) is 5.32. The predicted octanol–water partition coefficient (Wildman–Crippen LogP) is 2.00. The van der Waals surface area contributed by atoms with Gasteiger partial charge in [0, 0.05) is 30.9 Å². The van der Waals surface area contributed by atoms with Crippen LogP contribution in [0, 0.1) is 21.4 Å². The molecule has 0 bridgehead atoms. The summed E-state index contributed by atoms with van der Waals surface area (Å²) in [6, 6.07) is 7.12. The Labute approximate surface area is 118 Å². The van der Waals surface area contributed by atoms with E-state index in [0.29, 0.717) is 6.04 Å². The first kappa shape index (κ1) is 14.3. The molecule has 1 aromatic carbocycles. The maximum atomic E-state index is 10.9. The summed E-state index contributed by atoms with van der Waals surface area (Å²) in [6.45, 7) is 1.88. The van der Waals surface area contributed by atoms with Crippen LogP contribution >= 0.6 is 0 Å². The van der Waals surface area contributed by atoms with E-state index in [0.717, 1.165) is 31.6 Å². The molecular weight excluding hydrogens is 256 g/mol. The van der Waals surface area contributed by atoms with Crippen molar-refractivity contribution in [2.24, 2.45) is 0 Å². The maximum Gasteiger partial charge on any atom is 0.287 e. The van der Waals surface area contributed by atoms with E-state index >= 15 is 0 Å². The molecule has 0 amide bonds. The SMILES string of the molecule is CN(C)CC1CCCN1c1ccc([N+](=O)[O-])c(C#N)c1. The van der Waals surface area contributed by atoms with Gasteiger partial charge in [0.25, 0.3) is 5.69 Å². The Kier molecular flexibility index (Phi) is 4.20. The molecule has 20 heavy (non-hydrogen) atoms. The third-order valence-corrected chi connectivity index (χ3v) is 3.58. The van der Waals surface area contributed by atoms with Gasteiger partial charge in [-0.3, -0.25) is 10.1 Å². The smallest absolute Gasteiger partial charge is 0.287 e. The van der Waals surface area contributed by atoms with Crippen LogP contribution in [0.4, 0.5) is 11.4 Å². The normalized spacial score (nSPS) is 18.3. The topological polar surface area (TPSA) is 73.4 Å². The van der Waals surface area contributed by atoms with Crippen molar-refractivity contribution in [3.8, 4) is 6.07 Å². The van der Waals surface area contributed by atoms with Crippen molar-refractivity contribution in [2.75, 3.05) is 32.1 Å². The van der Waals surface area contributed by atoms with E-state index in [4.69, 9.17) is 5.26 Å². The number of hydrogen-bond donors (Lipinski definition) is 0. The lowest BCUT2D eigenvalue weighted by Gasteiger charge is -2.29. The van der Waals surface area contributed by atoms with Gasteiger partial charge in [-0.1, -0.05) is 0 Å². The first-order chi connectivity index (χ1) is 9.52. The molecule has 0 N–H and O–H groups in total. The Morgan fingerprint density at radius 3 is 2.90 bits per heavy atom. The minimum Gasteiger partial charge on any atom is -0.367 e. The van der Waals surface area contributed by atoms with Crippen LogP contribution in [0.25, 0.3) is 0 Å². The van der Waals surface area contributed by atoms with Gasteiger partial charge >= 0.3 is 0 Å². The lowest BCUT2D eigenvalue weighted by molar-refractivity contribution is -0.385. The van der Waals surface area contributed by atoms with E-state index < -0.39 is 4.92 Å². The maximum absolute atomic E-state index is 10.9. The molecular formula is C14H18N4O2. The largest absolute Gasteiger partial charge is 0.367 e. The van der Waals surface area contributed by atoms with Crippen molar-refractivity contribution in [2.45, 2.75) is 18.9 Å². The summed E-state index contributed by atoms with van der Waals surface area (Å²) in [7, 11) is 4.07. The van der Waals surface area contributed by atoms with E-state index in [1.54, 1.807) is 12.1 Å². The number of rotatable bonds is 4. The van der Waals surface area contributed by atoms with Gasteiger partial charge < -0.3 is 9.80 Å². The van der Waals surface area contributed by atoms with Gasteiger partial charge in [-0.05, 0) is 39.1 Å². The molecule has 2 rings (SSSR count). The van der Waals surface area contributed by atoms with Crippen LogP contribution in [0.1, 0.15) is 18.4 Å². The molecule has 1 saturated heterocycles. The first-order valence-electron chi connectivity index (χ1n) is 6.63. The van der Waals surface area contributed by atoms with Crippen molar-refractivity contribution in [1.29, 1.82) is 5.26 Å². The van der Waals surface area contributed by atoms with Crippen LogP contribution < -0.4 is 4.90 Å². The number of nitro benzene ring substituents is 1. The summed E-state index contributed by atoms with van der Waals surface area (Å²) in [5.41, 5.74) is 0.902. The summed E-state index contributed by atoms with van der Waals surface area (Å²) in [5.74, 6) is 0. The van der Waals surface area contributed by atoms with Gasteiger partial charge in [0.1, 0.15) is 11.6 Å². The number of benzene rings is 1. The van der Waals surface area contributed by atoms with Gasteiger partial charge in [-0.15, -0.1) is 0 Å². The highest BCUT2D eigenvalue weighted by atomic mass is 16.6. The molecule has 1 aliphatic heterocycles. The number of likely N-dealkylation sites (N-methyl/N-ethyl adjacent to an activating group) is 1. The molecule has 0 aromatic heterocycles. The second-order valence-corrected chi connectivity index (χ2v) is 5.32. The standard InChI is InChI=1S/C14H18N4O2/c1-16(2)10-13-4-3-7-17(13)12-5-6-14(18(19)20)11(8-12)9-15/h5-6,8,13H,3-4,7,10H2,1-2H3. The van der Waals surface area contributed by atoms with E-state index in [1.807, 2.05) is 20.2 Å². The number of nitrogens with zero attached hydrogens (tertiary/aromatic N) is 4. The predicted molar refractivity (Wildman–Crippen MR) is 76.7 cm³/mol. The van der Waals surface area contributed by atoms with Crippen molar-refractivity contribution < 1.29 is 4.92 Å². The fourth-order valence-corrected chi connectivity index (χ4v) is 2.74. The zero-order chi connectivity index (χ0) is 14.7. The summed E-state index contributed by atoms with van der Waals surface area (Å²) in [6.07, 6.45) is 2.22. The molecule has 0 saturated carbocycles. The van der Waals surface area contributed by atoms with Crippen LogP contribution in [-0.4, -0.2) is 43.0 Å². The molecule has 1 heterocycles. The minimum atomic E-state index is -0.510. The van der Waals surface area contributed by atoms with E-state index in [2.05, 4.69) is 9.80 Å². The zero-order valence-corrected chi connectivity index (χ0v) is 11.7. The van der Waals surface area contributed by atoms with E-state index in [9.17, 15) is 10.1 Å². The van der Waals surface area contributed by atoms with E-state index in [-0.39, 0.29) is 11.3 Å². The first-order valence-corrected chi connectivity index (χ1v) is 6.63. The number of anilines is 1. The van der Waals surface area contributed by atoms with Crippen LogP contribution in [0.15, 0.2) is 18.2 Å². The van der Waals surface area contributed by atoms with E-state index in [1.165, 1.54) is 6.07 Å². The minimum absolute atomic E-state index is 0.125. The highest BCUT2D eigenvalue weighted by Gasteiger charge is 2.26. The lowest BCUT2D eigenvalue weighted by atomic mass is 10.1. The van der Waals surface area contributed by atoms with Gasteiger partial charge in [-0.25, -0.2) is 0 Å². The Balaban J connectivity index is 2.29. The lowest BCUT2D eigenvalue weighted by Crippen LogP contribution is -2.37. The van der Waals surface area contributed by atoms with Crippen molar-refractivity contribution >= 4 is 11.4 Å². The van der Waals surface area contributed by atoms with Gasteiger partial charge in [0.2, 0.25) is 0 Å². The molecule has 1 unspecified atom stereocenters. The van der Waals surface area contributed by atoms with Crippen molar-refractivity contribution in [3.63, 3.8) is 0 Å². The van der Waals surface area contributed by atoms with Gasteiger partial charge in [0.15, 0.2) is 0 Å².